The van der Waals surface area contributed by atoms with Crippen molar-refractivity contribution in [1.29, 1.82) is 0 Å². The van der Waals surface area contributed by atoms with Crippen molar-refractivity contribution < 1.29 is 19.7 Å². The van der Waals surface area contributed by atoms with E-state index in [-0.39, 0.29) is 30.9 Å². The van der Waals surface area contributed by atoms with Crippen LogP contribution in [0.4, 0.5) is 0 Å². The van der Waals surface area contributed by atoms with Gasteiger partial charge in [-0.25, -0.2) is 0 Å². The molecule has 1 aromatic heterocycles. The van der Waals surface area contributed by atoms with Crippen LogP contribution in [0.25, 0.3) is 0 Å². The molecule has 0 radical (unpaired) electrons. The molecular weight excluding hydrogens is 250 g/mol. The van der Waals surface area contributed by atoms with E-state index in [0.717, 1.165) is 0 Å². The van der Waals surface area contributed by atoms with Crippen LogP contribution in [0.15, 0.2) is 12.3 Å². The number of nitrogens with zero attached hydrogens (tertiary/aromatic N) is 2. The fraction of sp³-hybridized carbons (Fsp3) is 0.667. The number of amides is 1. The lowest BCUT2D eigenvalue weighted by Crippen LogP contribution is -2.55. The van der Waals surface area contributed by atoms with E-state index < -0.39 is 18.2 Å². The smallest absolute Gasteiger partial charge is 0.272 e. The molecule has 2 rings (SSSR count). The molecule has 1 aliphatic heterocycles. The van der Waals surface area contributed by atoms with Gasteiger partial charge in [0.15, 0.2) is 0 Å². The van der Waals surface area contributed by atoms with Crippen molar-refractivity contribution in [3.8, 4) is 0 Å². The van der Waals surface area contributed by atoms with Crippen LogP contribution in [0, 0.1) is 0 Å². The third-order valence-corrected chi connectivity index (χ3v) is 3.08. The van der Waals surface area contributed by atoms with E-state index in [4.69, 9.17) is 4.74 Å². The zero-order valence-corrected chi connectivity index (χ0v) is 11.0. The molecule has 0 unspecified atom stereocenters. The van der Waals surface area contributed by atoms with E-state index in [9.17, 15) is 15.0 Å². The average Bonchev–Trinajstić information content (AvgIpc) is 2.84. The number of aliphatic hydroxyl groups excluding tert-OH is 2. The fourth-order valence-corrected chi connectivity index (χ4v) is 1.90. The number of nitrogens with one attached hydrogen (secondary N) is 1. The maximum absolute atomic E-state index is 12.0. The molecule has 19 heavy (non-hydrogen) atoms. The summed E-state index contributed by atoms with van der Waals surface area (Å²) in [5.41, 5.74) is 0.279. The van der Waals surface area contributed by atoms with Gasteiger partial charge in [-0.05, 0) is 19.9 Å². The number of aliphatic hydroxyl groups is 2. The Bertz CT molecular complexity index is 446. The third-order valence-electron chi connectivity index (χ3n) is 3.08. The summed E-state index contributed by atoms with van der Waals surface area (Å²) in [6.07, 6.45) is -0.278. The van der Waals surface area contributed by atoms with E-state index in [1.165, 1.54) is 0 Å². The highest BCUT2D eigenvalue weighted by Crippen LogP contribution is 2.10. The Kier molecular flexibility index (Phi) is 4.18. The summed E-state index contributed by atoms with van der Waals surface area (Å²) in [7, 11) is 0. The molecule has 2 heterocycles. The molecule has 0 spiro atoms. The third kappa shape index (κ3) is 3.12. The molecule has 0 aliphatic carbocycles. The lowest BCUT2D eigenvalue weighted by molar-refractivity contribution is -0.102. The molecule has 3 atom stereocenters. The number of hydrogen-bond donors (Lipinski definition) is 3. The van der Waals surface area contributed by atoms with E-state index in [1.807, 2.05) is 13.8 Å². The minimum absolute atomic E-state index is 0.0789. The molecule has 0 saturated carbocycles. The summed E-state index contributed by atoms with van der Waals surface area (Å²) in [6.45, 7) is 4.18. The van der Waals surface area contributed by atoms with Crippen LogP contribution < -0.4 is 5.32 Å². The highest BCUT2D eigenvalue weighted by atomic mass is 16.5. The SMILES string of the molecule is CC(C)n1ccc(C(=O)N[C@@H]2COC[C@@H](O)[C@H]2O)n1. The van der Waals surface area contributed by atoms with Crippen molar-refractivity contribution in [2.75, 3.05) is 13.2 Å². The predicted molar refractivity (Wildman–Crippen MR) is 66.7 cm³/mol. The zero-order valence-electron chi connectivity index (χ0n) is 11.0. The van der Waals surface area contributed by atoms with Crippen LogP contribution in [0.2, 0.25) is 0 Å². The molecule has 1 aromatic rings. The largest absolute Gasteiger partial charge is 0.388 e. The molecular formula is C12H19N3O4. The molecule has 1 fully saturated rings. The Morgan fingerprint density at radius 1 is 1.53 bits per heavy atom. The van der Waals surface area contributed by atoms with E-state index in [1.54, 1.807) is 16.9 Å². The van der Waals surface area contributed by atoms with Crippen molar-refractivity contribution in [2.24, 2.45) is 0 Å². The zero-order chi connectivity index (χ0) is 14.0. The molecule has 7 nitrogen and oxygen atoms in total. The minimum atomic E-state index is -1.02. The highest BCUT2D eigenvalue weighted by Gasteiger charge is 2.32. The second-order valence-electron chi connectivity index (χ2n) is 4.95. The van der Waals surface area contributed by atoms with Gasteiger partial charge in [-0.1, -0.05) is 0 Å². The topological polar surface area (TPSA) is 96.6 Å². The van der Waals surface area contributed by atoms with Gasteiger partial charge in [0, 0.05) is 12.2 Å². The van der Waals surface area contributed by atoms with E-state index in [2.05, 4.69) is 10.4 Å². The summed E-state index contributed by atoms with van der Waals surface area (Å²) < 4.78 is 6.77. The lowest BCUT2D eigenvalue weighted by Gasteiger charge is -2.32. The molecule has 1 amide bonds. The number of carbonyl (C=O) groups excluding carboxylic acids is 1. The fourth-order valence-electron chi connectivity index (χ4n) is 1.90. The Morgan fingerprint density at radius 2 is 2.26 bits per heavy atom. The summed E-state index contributed by atoms with van der Waals surface area (Å²) >= 11 is 0. The van der Waals surface area contributed by atoms with Gasteiger partial charge < -0.3 is 20.3 Å². The van der Waals surface area contributed by atoms with Gasteiger partial charge in [0.05, 0.1) is 19.3 Å². The van der Waals surface area contributed by atoms with Crippen LogP contribution in [-0.2, 0) is 4.74 Å². The van der Waals surface area contributed by atoms with Crippen LogP contribution >= 0.6 is 0 Å². The number of ether oxygens (including phenoxy) is 1. The normalized spacial score (nSPS) is 27.5. The highest BCUT2D eigenvalue weighted by molar-refractivity contribution is 5.92. The molecule has 1 aliphatic rings. The molecule has 7 heteroatoms. The molecule has 0 aromatic carbocycles. The van der Waals surface area contributed by atoms with Crippen molar-refractivity contribution in [1.82, 2.24) is 15.1 Å². The van der Waals surface area contributed by atoms with Gasteiger partial charge in [0.25, 0.3) is 5.91 Å². The van der Waals surface area contributed by atoms with Crippen molar-refractivity contribution in [3.05, 3.63) is 18.0 Å². The van der Waals surface area contributed by atoms with Crippen molar-refractivity contribution in [2.45, 2.75) is 38.1 Å². The van der Waals surface area contributed by atoms with Crippen LogP contribution in [0.1, 0.15) is 30.4 Å². The Balaban J connectivity index is 2.00. The number of carbonyl (C=O) groups is 1. The monoisotopic (exact) mass is 269 g/mol. The second kappa shape index (κ2) is 5.68. The Morgan fingerprint density at radius 3 is 2.89 bits per heavy atom. The van der Waals surface area contributed by atoms with E-state index >= 15 is 0 Å². The van der Waals surface area contributed by atoms with Gasteiger partial charge in [-0.2, -0.15) is 5.10 Å². The van der Waals surface area contributed by atoms with Gasteiger partial charge in [-0.3, -0.25) is 9.48 Å². The predicted octanol–water partition coefficient (Wildman–Crippen LogP) is -0.686. The summed E-state index contributed by atoms with van der Waals surface area (Å²) in [5.74, 6) is -0.388. The van der Waals surface area contributed by atoms with Crippen molar-refractivity contribution in [3.63, 3.8) is 0 Å². The summed E-state index contributed by atoms with van der Waals surface area (Å²) in [4.78, 5) is 12.0. The number of rotatable bonds is 3. The molecule has 0 bridgehead atoms. The summed E-state index contributed by atoms with van der Waals surface area (Å²) in [5, 5.41) is 26.0. The van der Waals surface area contributed by atoms with Crippen LogP contribution in [-0.4, -0.2) is 57.4 Å². The first-order valence-electron chi connectivity index (χ1n) is 6.29. The number of aromatic nitrogens is 2. The maximum Gasteiger partial charge on any atom is 0.272 e. The molecule has 106 valence electrons. The quantitative estimate of drug-likeness (QED) is 0.675. The van der Waals surface area contributed by atoms with Gasteiger partial charge in [-0.15, -0.1) is 0 Å². The lowest BCUT2D eigenvalue weighted by atomic mass is 10.0. The van der Waals surface area contributed by atoms with Gasteiger partial charge >= 0.3 is 0 Å². The first-order chi connectivity index (χ1) is 8.99. The van der Waals surface area contributed by atoms with Crippen molar-refractivity contribution >= 4 is 5.91 Å². The van der Waals surface area contributed by atoms with Gasteiger partial charge in [0.1, 0.15) is 17.9 Å². The minimum Gasteiger partial charge on any atom is -0.388 e. The van der Waals surface area contributed by atoms with E-state index in [0.29, 0.717) is 0 Å². The molecule has 3 N–H and O–H groups in total. The standard InChI is InChI=1S/C12H19N3O4/c1-7(2)15-4-3-8(14-15)12(18)13-9-5-19-6-10(16)11(9)17/h3-4,7,9-11,16-17H,5-6H2,1-2H3,(H,13,18)/t9-,10-,11+/m1/s1. The summed E-state index contributed by atoms with van der Waals surface area (Å²) in [6, 6.07) is 1.16. The first-order valence-corrected chi connectivity index (χ1v) is 6.29. The van der Waals surface area contributed by atoms with Crippen LogP contribution in [0.3, 0.4) is 0 Å². The van der Waals surface area contributed by atoms with Gasteiger partial charge in [0.2, 0.25) is 0 Å². The average molecular weight is 269 g/mol. The molecule has 1 saturated heterocycles. The second-order valence-corrected chi connectivity index (χ2v) is 4.95. The Labute approximate surface area is 111 Å². The Hall–Kier alpha value is -1.44. The number of hydrogen-bond acceptors (Lipinski definition) is 5. The first kappa shape index (κ1) is 14.0. The van der Waals surface area contributed by atoms with Crippen LogP contribution in [0.5, 0.6) is 0 Å². The maximum atomic E-state index is 12.0.